The number of H-pyrrole nitrogens is 1. The van der Waals surface area contributed by atoms with Crippen LogP contribution in [-0.4, -0.2) is 27.5 Å². The Hall–Kier alpha value is -4.06. The van der Waals surface area contributed by atoms with Gasteiger partial charge in [-0.15, -0.1) is 6.58 Å². The van der Waals surface area contributed by atoms with E-state index >= 15 is 0 Å². The number of hydrogen-bond donors (Lipinski definition) is 1. The number of rotatable bonds is 6. The smallest absolute Gasteiger partial charge is 0.258 e. The van der Waals surface area contributed by atoms with Gasteiger partial charge >= 0.3 is 17.1 Å². The summed E-state index contributed by atoms with van der Waals surface area (Å²) in [6.45, 7) is 3.32. The quantitative estimate of drug-likeness (QED) is 0.341. The van der Waals surface area contributed by atoms with Crippen molar-refractivity contribution in [3.63, 3.8) is 0 Å². The second-order valence-electron chi connectivity index (χ2n) is 6.00. The van der Waals surface area contributed by atoms with Crippen LogP contribution in [0.2, 0.25) is 0 Å². The molecule has 1 aromatic heterocycles. The molecule has 0 bridgehead atoms. The molecule has 0 aliphatic carbocycles. The summed E-state index contributed by atoms with van der Waals surface area (Å²) in [5.74, 6) is 0. The number of nitro benzene ring substituents is 1. The lowest BCUT2D eigenvalue weighted by Gasteiger charge is -2.09. The van der Waals surface area contributed by atoms with Crippen molar-refractivity contribution in [2.75, 3.05) is 0 Å². The molecule has 11 nitrogen and oxygen atoms in total. The average Bonchev–Trinajstić information content (AvgIpc) is 2.71. The number of non-ortho nitro benzene ring substituents is 1. The van der Waals surface area contributed by atoms with E-state index in [0.29, 0.717) is 4.57 Å². The van der Waals surface area contributed by atoms with Crippen LogP contribution < -0.4 is 17.1 Å². The summed E-state index contributed by atoms with van der Waals surface area (Å²) in [7, 11) is -3.99. The third kappa shape index (κ3) is 3.63. The minimum absolute atomic E-state index is 0.0433. The molecule has 0 spiro atoms. The molecule has 12 heteroatoms. The van der Waals surface area contributed by atoms with Gasteiger partial charge in [-0.25, -0.2) is 31.9 Å². The highest BCUT2D eigenvalue weighted by molar-refractivity contribution is 7.91. The van der Waals surface area contributed by atoms with Crippen LogP contribution in [0.4, 0.5) is 5.69 Å². The van der Waals surface area contributed by atoms with Crippen molar-refractivity contribution in [1.82, 2.24) is 14.1 Å². The van der Waals surface area contributed by atoms with Crippen molar-refractivity contribution in [1.29, 1.82) is 0 Å². The largest absolute Gasteiger partial charge is 0.341 e. The van der Waals surface area contributed by atoms with Gasteiger partial charge in [-0.05, 0) is 36.4 Å². The van der Waals surface area contributed by atoms with Crippen LogP contribution in [-0.2, 0) is 16.4 Å². The number of aromatic amines is 1. The SMILES string of the molecule is C=CCn1c(=O)[nH]c(=O)n(-c2ccc(S(=O)(=O)c3ccc([N+](=O)[O-])cc3)cc2)c1=O. The first-order valence-corrected chi connectivity index (χ1v) is 9.82. The van der Waals surface area contributed by atoms with E-state index in [4.69, 9.17) is 0 Å². The molecule has 0 amide bonds. The van der Waals surface area contributed by atoms with Crippen molar-refractivity contribution in [3.8, 4) is 5.69 Å². The van der Waals surface area contributed by atoms with Crippen LogP contribution in [0, 0.1) is 10.1 Å². The maximum Gasteiger partial charge on any atom is 0.341 e. The van der Waals surface area contributed by atoms with Gasteiger partial charge in [-0.1, -0.05) is 6.08 Å². The Morgan fingerprint density at radius 3 is 2.00 bits per heavy atom. The Balaban J connectivity index is 2.05. The van der Waals surface area contributed by atoms with Crippen molar-refractivity contribution in [3.05, 3.63) is 103 Å². The number of benzene rings is 2. The number of aromatic nitrogens is 3. The molecule has 0 fully saturated rings. The molecule has 0 radical (unpaired) electrons. The van der Waals surface area contributed by atoms with Gasteiger partial charge < -0.3 is 0 Å². The monoisotopic (exact) mass is 430 g/mol. The van der Waals surface area contributed by atoms with Crippen LogP contribution in [0.1, 0.15) is 0 Å². The first kappa shape index (κ1) is 20.7. The van der Waals surface area contributed by atoms with Gasteiger partial charge in [-0.2, -0.15) is 0 Å². The van der Waals surface area contributed by atoms with Gasteiger partial charge in [-0.3, -0.25) is 15.1 Å². The van der Waals surface area contributed by atoms with Crippen LogP contribution in [0.3, 0.4) is 0 Å². The van der Waals surface area contributed by atoms with Gasteiger partial charge in [0, 0.05) is 12.1 Å². The van der Waals surface area contributed by atoms with Crippen LogP contribution in [0.5, 0.6) is 0 Å². The van der Waals surface area contributed by atoms with E-state index in [9.17, 15) is 32.9 Å². The van der Waals surface area contributed by atoms with Crippen LogP contribution >= 0.6 is 0 Å². The molecule has 1 N–H and O–H groups in total. The molecule has 0 saturated heterocycles. The molecule has 0 aliphatic rings. The number of sulfone groups is 1. The summed E-state index contributed by atoms with van der Waals surface area (Å²) in [4.78, 5) is 48.1. The predicted molar refractivity (Wildman–Crippen MR) is 106 cm³/mol. The van der Waals surface area contributed by atoms with Crippen LogP contribution in [0.25, 0.3) is 5.69 Å². The fourth-order valence-electron chi connectivity index (χ4n) is 2.68. The Morgan fingerprint density at radius 1 is 0.967 bits per heavy atom. The molecule has 0 aliphatic heterocycles. The van der Waals surface area contributed by atoms with Crippen molar-refractivity contribution < 1.29 is 13.3 Å². The molecule has 0 saturated carbocycles. The minimum Gasteiger partial charge on any atom is -0.258 e. The molecule has 30 heavy (non-hydrogen) atoms. The summed E-state index contributed by atoms with van der Waals surface area (Å²) in [6, 6.07) is 9.20. The highest BCUT2D eigenvalue weighted by Crippen LogP contribution is 2.23. The van der Waals surface area contributed by atoms with Crippen molar-refractivity contribution in [2.24, 2.45) is 0 Å². The van der Waals surface area contributed by atoms with E-state index in [-0.39, 0.29) is 27.7 Å². The molecular formula is C18H14N4O7S. The van der Waals surface area contributed by atoms with E-state index in [2.05, 4.69) is 6.58 Å². The molecule has 1 heterocycles. The van der Waals surface area contributed by atoms with Crippen molar-refractivity contribution >= 4 is 15.5 Å². The maximum absolute atomic E-state index is 12.7. The second kappa shape index (κ2) is 7.75. The number of allylic oxidation sites excluding steroid dienone is 1. The molecule has 0 unspecified atom stereocenters. The Bertz CT molecular complexity index is 1410. The Labute approximate surface area is 168 Å². The fraction of sp³-hybridized carbons (Fsp3) is 0.0556. The van der Waals surface area contributed by atoms with Gasteiger partial charge in [0.2, 0.25) is 9.84 Å². The molecule has 0 atom stereocenters. The lowest BCUT2D eigenvalue weighted by atomic mass is 10.3. The van der Waals surface area contributed by atoms with Crippen LogP contribution in [0.15, 0.2) is 85.4 Å². The topological polar surface area (TPSA) is 154 Å². The van der Waals surface area contributed by atoms with Crippen molar-refractivity contribution in [2.45, 2.75) is 16.3 Å². The molecular weight excluding hydrogens is 416 g/mol. The third-order valence-corrected chi connectivity index (χ3v) is 5.94. The zero-order valence-corrected chi connectivity index (χ0v) is 16.0. The lowest BCUT2D eigenvalue weighted by Crippen LogP contribution is -2.48. The summed E-state index contributed by atoms with van der Waals surface area (Å²) >= 11 is 0. The zero-order valence-electron chi connectivity index (χ0n) is 15.2. The summed E-state index contributed by atoms with van der Waals surface area (Å²) < 4.78 is 26.9. The lowest BCUT2D eigenvalue weighted by molar-refractivity contribution is -0.384. The first-order chi connectivity index (χ1) is 14.2. The van der Waals surface area contributed by atoms with E-state index in [1.807, 2.05) is 4.98 Å². The number of nitrogens with one attached hydrogen (secondary N) is 1. The standard InChI is InChI=1S/C18H14N4O7S/c1-2-11-20-16(23)19-17(24)21(18(20)25)12-3-7-14(8-4-12)30(28,29)15-9-5-13(6-10-15)22(26)27/h2-10H,1,11H2,(H,19,23,24). The van der Waals surface area contributed by atoms with E-state index in [1.54, 1.807) is 0 Å². The normalized spacial score (nSPS) is 11.2. The fourth-order valence-corrected chi connectivity index (χ4v) is 3.95. The molecule has 3 rings (SSSR count). The summed E-state index contributed by atoms with van der Waals surface area (Å²) in [5.41, 5.74) is -2.98. The maximum atomic E-state index is 12.7. The van der Waals surface area contributed by atoms with Gasteiger partial charge in [0.05, 0.1) is 26.9 Å². The zero-order chi connectivity index (χ0) is 22.1. The number of nitro groups is 1. The highest BCUT2D eigenvalue weighted by Gasteiger charge is 2.19. The first-order valence-electron chi connectivity index (χ1n) is 8.34. The third-order valence-electron chi connectivity index (χ3n) is 4.16. The average molecular weight is 430 g/mol. The molecule has 3 aromatic rings. The Morgan fingerprint density at radius 2 is 1.50 bits per heavy atom. The molecule has 154 valence electrons. The van der Waals surface area contributed by atoms with E-state index in [1.165, 1.54) is 30.3 Å². The highest BCUT2D eigenvalue weighted by atomic mass is 32.2. The summed E-state index contributed by atoms with van der Waals surface area (Å²) in [5, 5.41) is 10.7. The molecule has 2 aromatic carbocycles. The van der Waals surface area contributed by atoms with Gasteiger partial charge in [0.25, 0.3) is 5.69 Å². The number of hydrogen-bond acceptors (Lipinski definition) is 7. The van der Waals surface area contributed by atoms with E-state index < -0.39 is 31.8 Å². The summed E-state index contributed by atoms with van der Waals surface area (Å²) in [6.07, 6.45) is 1.31. The predicted octanol–water partition coefficient (Wildman–Crippen LogP) is 0.615. The van der Waals surface area contributed by atoms with Gasteiger partial charge in [0.1, 0.15) is 0 Å². The minimum atomic E-state index is -3.99. The number of nitrogens with zero attached hydrogens (tertiary/aromatic N) is 3. The Kier molecular flexibility index (Phi) is 5.34. The van der Waals surface area contributed by atoms with Gasteiger partial charge in [0.15, 0.2) is 0 Å². The second-order valence-corrected chi connectivity index (χ2v) is 7.95. The van der Waals surface area contributed by atoms with E-state index in [0.717, 1.165) is 28.8 Å².